The third-order valence-electron chi connectivity index (χ3n) is 4.00. The molecular formula is C16H21BrClNO. The largest absolute Gasteiger partial charge is 0.339 e. The van der Waals surface area contributed by atoms with E-state index >= 15 is 0 Å². The summed E-state index contributed by atoms with van der Waals surface area (Å²) in [7, 11) is 0. The Balaban J connectivity index is 2.03. The minimum Gasteiger partial charge on any atom is -0.339 e. The SMILES string of the molecule is CCCC1CCCN(C(=O)c2ccc(Br)c(Cl)c2)CC1. The molecule has 1 aromatic carbocycles. The van der Waals surface area contributed by atoms with E-state index in [4.69, 9.17) is 11.6 Å². The van der Waals surface area contributed by atoms with E-state index in [0.29, 0.717) is 10.6 Å². The molecule has 0 N–H and O–H groups in total. The molecule has 1 heterocycles. The molecule has 0 saturated carbocycles. The van der Waals surface area contributed by atoms with Gasteiger partial charge in [-0.05, 0) is 59.3 Å². The average Bonchev–Trinajstić information content (AvgIpc) is 2.67. The van der Waals surface area contributed by atoms with Crippen LogP contribution in [0.5, 0.6) is 0 Å². The fourth-order valence-electron chi connectivity index (χ4n) is 2.88. The van der Waals surface area contributed by atoms with E-state index in [1.54, 1.807) is 6.07 Å². The van der Waals surface area contributed by atoms with Gasteiger partial charge in [-0.1, -0.05) is 31.4 Å². The molecule has 1 unspecified atom stereocenters. The van der Waals surface area contributed by atoms with Crippen molar-refractivity contribution in [1.29, 1.82) is 0 Å². The molecule has 110 valence electrons. The summed E-state index contributed by atoms with van der Waals surface area (Å²) in [5, 5.41) is 0.592. The zero-order chi connectivity index (χ0) is 14.5. The molecule has 20 heavy (non-hydrogen) atoms. The first-order chi connectivity index (χ1) is 9.61. The Labute approximate surface area is 134 Å². The van der Waals surface area contributed by atoms with Crippen molar-refractivity contribution in [3.8, 4) is 0 Å². The van der Waals surface area contributed by atoms with Crippen LogP contribution in [0.3, 0.4) is 0 Å². The standard InChI is InChI=1S/C16H21BrClNO/c1-2-4-12-5-3-9-19(10-8-12)16(20)13-6-7-14(17)15(18)11-13/h6-7,11-12H,2-5,8-10H2,1H3. The third kappa shape index (κ3) is 3.98. The smallest absolute Gasteiger partial charge is 0.253 e. The van der Waals surface area contributed by atoms with Gasteiger partial charge in [-0.2, -0.15) is 0 Å². The summed E-state index contributed by atoms with van der Waals surface area (Å²) in [5.41, 5.74) is 0.687. The Bertz CT molecular complexity index is 478. The maximum atomic E-state index is 12.5. The third-order valence-corrected chi connectivity index (χ3v) is 5.23. The zero-order valence-electron chi connectivity index (χ0n) is 11.9. The van der Waals surface area contributed by atoms with E-state index in [9.17, 15) is 4.79 Å². The van der Waals surface area contributed by atoms with E-state index < -0.39 is 0 Å². The summed E-state index contributed by atoms with van der Waals surface area (Å²) < 4.78 is 0.828. The van der Waals surface area contributed by atoms with Gasteiger partial charge in [-0.25, -0.2) is 0 Å². The van der Waals surface area contributed by atoms with Crippen molar-refractivity contribution in [2.45, 2.75) is 39.0 Å². The normalized spacial score (nSPS) is 19.8. The molecule has 0 spiro atoms. The zero-order valence-corrected chi connectivity index (χ0v) is 14.2. The number of amides is 1. The van der Waals surface area contributed by atoms with E-state index in [1.165, 1.54) is 19.3 Å². The van der Waals surface area contributed by atoms with E-state index in [0.717, 1.165) is 36.3 Å². The minimum absolute atomic E-state index is 0.108. The maximum absolute atomic E-state index is 12.5. The molecular weight excluding hydrogens is 338 g/mol. The van der Waals surface area contributed by atoms with Crippen molar-refractivity contribution in [2.24, 2.45) is 5.92 Å². The van der Waals surface area contributed by atoms with Gasteiger partial charge < -0.3 is 4.90 Å². The van der Waals surface area contributed by atoms with Crippen LogP contribution in [0.2, 0.25) is 5.02 Å². The molecule has 2 rings (SSSR count). The predicted octanol–water partition coefficient (Wildman–Crippen LogP) is 5.14. The van der Waals surface area contributed by atoms with Crippen LogP contribution in [0.15, 0.2) is 22.7 Å². The van der Waals surface area contributed by atoms with Crippen LogP contribution >= 0.6 is 27.5 Å². The van der Waals surface area contributed by atoms with Crippen molar-refractivity contribution < 1.29 is 4.79 Å². The minimum atomic E-state index is 0.108. The molecule has 1 saturated heterocycles. The second kappa shape index (κ2) is 7.46. The quantitative estimate of drug-likeness (QED) is 0.732. The number of hydrogen-bond donors (Lipinski definition) is 0. The second-order valence-corrected chi connectivity index (χ2v) is 6.77. The highest BCUT2D eigenvalue weighted by Crippen LogP contribution is 2.26. The molecule has 2 nitrogen and oxygen atoms in total. The maximum Gasteiger partial charge on any atom is 0.253 e. The number of halogens is 2. The van der Waals surface area contributed by atoms with Crippen LogP contribution < -0.4 is 0 Å². The summed E-state index contributed by atoms with van der Waals surface area (Å²) in [6, 6.07) is 5.43. The van der Waals surface area contributed by atoms with Crippen LogP contribution in [0.25, 0.3) is 0 Å². The number of likely N-dealkylation sites (tertiary alicyclic amines) is 1. The number of carbonyl (C=O) groups is 1. The summed E-state index contributed by atoms with van der Waals surface area (Å²) in [4.78, 5) is 14.5. The van der Waals surface area contributed by atoms with Gasteiger partial charge in [0, 0.05) is 23.1 Å². The molecule has 1 aliphatic rings. The lowest BCUT2D eigenvalue weighted by Crippen LogP contribution is -2.32. The lowest BCUT2D eigenvalue weighted by atomic mass is 9.96. The lowest BCUT2D eigenvalue weighted by molar-refractivity contribution is 0.0760. The number of rotatable bonds is 3. The Morgan fingerprint density at radius 3 is 2.90 bits per heavy atom. The van der Waals surface area contributed by atoms with Gasteiger partial charge in [0.05, 0.1) is 5.02 Å². The highest BCUT2D eigenvalue weighted by molar-refractivity contribution is 9.10. The summed E-state index contributed by atoms with van der Waals surface area (Å²) >= 11 is 9.43. The predicted molar refractivity (Wildman–Crippen MR) is 87.3 cm³/mol. The van der Waals surface area contributed by atoms with Gasteiger partial charge in [-0.15, -0.1) is 0 Å². The molecule has 1 amide bonds. The fraction of sp³-hybridized carbons (Fsp3) is 0.562. The van der Waals surface area contributed by atoms with Crippen LogP contribution in [-0.2, 0) is 0 Å². The first-order valence-corrected chi connectivity index (χ1v) is 8.53. The molecule has 1 aliphatic heterocycles. The number of carbonyl (C=O) groups excluding carboxylic acids is 1. The number of nitrogens with zero attached hydrogens (tertiary/aromatic N) is 1. The van der Waals surface area contributed by atoms with E-state index in [1.807, 2.05) is 17.0 Å². The molecule has 0 aromatic heterocycles. The summed E-state index contributed by atoms with van der Waals surface area (Å²) in [5.74, 6) is 0.892. The summed E-state index contributed by atoms with van der Waals surface area (Å²) in [6.07, 6.45) is 6.01. The van der Waals surface area contributed by atoms with Gasteiger partial charge >= 0.3 is 0 Å². The van der Waals surface area contributed by atoms with Gasteiger partial charge in [0.25, 0.3) is 5.91 Å². The number of hydrogen-bond acceptors (Lipinski definition) is 1. The van der Waals surface area contributed by atoms with Crippen LogP contribution in [-0.4, -0.2) is 23.9 Å². The molecule has 0 aliphatic carbocycles. The molecule has 1 fully saturated rings. The Morgan fingerprint density at radius 2 is 2.20 bits per heavy atom. The highest BCUT2D eigenvalue weighted by atomic mass is 79.9. The van der Waals surface area contributed by atoms with Crippen LogP contribution in [0.1, 0.15) is 49.4 Å². The van der Waals surface area contributed by atoms with Gasteiger partial charge in [-0.3, -0.25) is 4.79 Å². The first-order valence-electron chi connectivity index (χ1n) is 7.36. The molecule has 1 atom stereocenters. The van der Waals surface area contributed by atoms with Gasteiger partial charge in [0.2, 0.25) is 0 Å². The van der Waals surface area contributed by atoms with Crippen LogP contribution in [0, 0.1) is 5.92 Å². The molecule has 1 aromatic rings. The van der Waals surface area contributed by atoms with Crippen molar-refractivity contribution in [2.75, 3.05) is 13.1 Å². The average molecular weight is 359 g/mol. The Morgan fingerprint density at radius 1 is 1.40 bits per heavy atom. The molecule has 0 bridgehead atoms. The topological polar surface area (TPSA) is 20.3 Å². The van der Waals surface area contributed by atoms with Crippen LogP contribution in [0.4, 0.5) is 0 Å². The van der Waals surface area contributed by atoms with Gasteiger partial charge in [0.15, 0.2) is 0 Å². The molecule has 0 radical (unpaired) electrons. The van der Waals surface area contributed by atoms with Crippen molar-refractivity contribution >= 4 is 33.4 Å². The van der Waals surface area contributed by atoms with Crippen molar-refractivity contribution in [3.05, 3.63) is 33.3 Å². The van der Waals surface area contributed by atoms with Gasteiger partial charge in [0.1, 0.15) is 0 Å². The Kier molecular flexibility index (Phi) is 5.91. The monoisotopic (exact) mass is 357 g/mol. The van der Waals surface area contributed by atoms with Crippen molar-refractivity contribution in [1.82, 2.24) is 4.90 Å². The van der Waals surface area contributed by atoms with E-state index in [2.05, 4.69) is 22.9 Å². The summed E-state index contributed by atoms with van der Waals surface area (Å²) in [6.45, 7) is 3.97. The second-order valence-electron chi connectivity index (χ2n) is 5.51. The fourth-order valence-corrected chi connectivity index (χ4v) is 3.30. The first kappa shape index (κ1) is 15.8. The van der Waals surface area contributed by atoms with Crippen molar-refractivity contribution in [3.63, 3.8) is 0 Å². The van der Waals surface area contributed by atoms with E-state index in [-0.39, 0.29) is 5.91 Å². The molecule has 4 heteroatoms. The number of benzene rings is 1. The highest BCUT2D eigenvalue weighted by Gasteiger charge is 2.21. The Hall–Kier alpha value is -0.540. The lowest BCUT2D eigenvalue weighted by Gasteiger charge is -2.21.